The third kappa shape index (κ3) is 3.67. The maximum atomic E-state index is 6.45. The average Bonchev–Trinajstić information content (AvgIpc) is 2.87. The van der Waals surface area contributed by atoms with Crippen molar-refractivity contribution in [1.29, 1.82) is 0 Å². The molecule has 0 aromatic heterocycles. The minimum absolute atomic E-state index is 0.193. The minimum atomic E-state index is 0.193. The van der Waals surface area contributed by atoms with Crippen LogP contribution in [0.3, 0.4) is 0 Å². The highest BCUT2D eigenvalue weighted by atomic mass is 35.5. The first-order chi connectivity index (χ1) is 9.65. The fourth-order valence-electron chi connectivity index (χ4n) is 3.11. The van der Waals surface area contributed by atoms with Gasteiger partial charge < -0.3 is 10.5 Å². The zero-order valence-corrected chi connectivity index (χ0v) is 13.4. The number of halogens is 1. The van der Waals surface area contributed by atoms with Crippen LogP contribution in [0.2, 0.25) is 5.02 Å². The molecular weight excluding hydrogens is 270 g/mol. The van der Waals surface area contributed by atoms with Gasteiger partial charge in [-0.2, -0.15) is 0 Å². The molecule has 1 aromatic carbocycles. The molecule has 0 bridgehead atoms. The van der Waals surface area contributed by atoms with Crippen LogP contribution in [-0.2, 0) is 12.8 Å². The van der Waals surface area contributed by atoms with Crippen LogP contribution in [0.5, 0.6) is 5.75 Å². The van der Waals surface area contributed by atoms with E-state index in [4.69, 9.17) is 22.1 Å². The summed E-state index contributed by atoms with van der Waals surface area (Å²) >= 11 is 6.21. The maximum Gasteiger partial charge on any atom is 0.125 e. The van der Waals surface area contributed by atoms with Crippen molar-refractivity contribution < 1.29 is 4.74 Å². The lowest BCUT2D eigenvalue weighted by atomic mass is 9.87. The van der Waals surface area contributed by atoms with E-state index < -0.39 is 0 Å². The Balaban J connectivity index is 2.09. The summed E-state index contributed by atoms with van der Waals surface area (Å²) in [5, 5.41) is 0.804. The number of nitrogens with two attached hydrogens (primary N) is 1. The van der Waals surface area contributed by atoms with Gasteiger partial charge in [-0.1, -0.05) is 44.7 Å². The Hall–Kier alpha value is -0.730. The van der Waals surface area contributed by atoms with Crippen LogP contribution in [0.25, 0.3) is 0 Å². The number of hydrogen-bond donors (Lipinski definition) is 1. The molecule has 2 atom stereocenters. The molecule has 20 heavy (non-hydrogen) atoms. The Morgan fingerprint density at radius 1 is 1.35 bits per heavy atom. The van der Waals surface area contributed by atoms with Crippen LogP contribution < -0.4 is 10.5 Å². The lowest BCUT2D eigenvalue weighted by Gasteiger charge is -2.23. The predicted molar refractivity (Wildman–Crippen MR) is 85.6 cm³/mol. The summed E-state index contributed by atoms with van der Waals surface area (Å²) in [5.41, 5.74) is 8.87. The molecular formula is C17H26ClNO. The van der Waals surface area contributed by atoms with Gasteiger partial charge in [-0.25, -0.2) is 0 Å². The first-order valence-electron chi connectivity index (χ1n) is 7.85. The molecule has 2 unspecified atom stereocenters. The van der Waals surface area contributed by atoms with Gasteiger partial charge in [0.05, 0.1) is 6.61 Å². The molecule has 0 saturated heterocycles. The molecule has 1 heterocycles. The zero-order valence-electron chi connectivity index (χ0n) is 12.6. The highest BCUT2D eigenvalue weighted by molar-refractivity contribution is 6.30. The number of ether oxygens (including phenoxy) is 1. The molecule has 0 aliphatic carbocycles. The van der Waals surface area contributed by atoms with Crippen LogP contribution >= 0.6 is 11.6 Å². The second-order valence-corrected chi connectivity index (χ2v) is 6.27. The molecule has 2 nitrogen and oxygen atoms in total. The second kappa shape index (κ2) is 7.33. The van der Waals surface area contributed by atoms with Gasteiger partial charge in [0.25, 0.3) is 0 Å². The zero-order chi connectivity index (χ0) is 14.5. The molecule has 0 amide bonds. The third-order valence-electron chi connectivity index (χ3n) is 4.34. The van der Waals surface area contributed by atoms with Crippen LogP contribution in [0.1, 0.15) is 50.7 Å². The highest BCUT2D eigenvalue weighted by Crippen LogP contribution is 2.34. The van der Waals surface area contributed by atoms with Gasteiger partial charge in [-0.3, -0.25) is 0 Å². The Labute approximate surface area is 127 Å². The standard InChI is InChI=1S/C17H26ClNO/c1-3-5-6-12(4-2)16(19)11-14-10-15(18)9-13-7-8-20-17(13)14/h9-10,12,16H,3-8,11,19H2,1-2H3. The number of benzene rings is 1. The van der Waals surface area contributed by atoms with Crippen LogP contribution in [0, 0.1) is 5.92 Å². The molecule has 1 aliphatic rings. The molecule has 0 saturated carbocycles. The Kier molecular flexibility index (Phi) is 5.74. The van der Waals surface area contributed by atoms with Gasteiger partial charge in [-0.15, -0.1) is 0 Å². The molecule has 112 valence electrons. The second-order valence-electron chi connectivity index (χ2n) is 5.83. The van der Waals surface area contributed by atoms with E-state index >= 15 is 0 Å². The van der Waals surface area contributed by atoms with Gasteiger partial charge in [0, 0.05) is 17.5 Å². The van der Waals surface area contributed by atoms with E-state index in [0.29, 0.717) is 5.92 Å². The summed E-state index contributed by atoms with van der Waals surface area (Å²) < 4.78 is 5.77. The number of fused-ring (bicyclic) bond motifs is 1. The summed E-state index contributed by atoms with van der Waals surface area (Å²) in [6.07, 6.45) is 6.69. The van der Waals surface area contributed by atoms with Crippen LogP contribution in [0.15, 0.2) is 12.1 Å². The van der Waals surface area contributed by atoms with Gasteiger partial charge in [0.1, 0.15) is 5.75 Å². The lowest BCUT2D eigenvalue weighted by Crippen LogP contribution is -2.32. The SMILES string of the molecule is CCCCC(CC)C(N)Cc1cc(Cl)cc2c1OCC2. The Morgan fingerprint density at radius 3 is 2.85 bits per heavy atom. The molecule has 0 fully saturated rings. The first kappa shape index (κ1) is 15.7. The van der Waals surface area contributed by atoms with Crippen molar-refractivity contribution in [3.05, 3.63) is 28.3 Å². The molecule has 2 rings (SSSR count). The quantitative estimate of drug-likeness (QED) is 0.811. The normalized spacial score (nSPS) is 16.6. The summed E-state index contributed by atoms with van der Waals surface area (Å²) in [7, 11) is 0. The van der Waals surface area contributed by atoms with Crippen molar-refractivity contribution in [2.75, 3.05) is 6.61 Å². The van der Waals surface area contributed by atoms with E-state index in [9.17, 15) is 0 Å². The Morgan fingerprint density at radius 2 is 2.15 bits per heavy atom. The van der Waals surface area contributed by atoms with Crippen molar-refractivity contribution in [3.63, 3.8) is 0 Å². The molecule has 0 spiro atoms. The minimum Gasteiger partial charge on any atom is -0.493 e. The predicted octanol–water partition coefficient (Wildman–Crippen LogP) is 4.36. The van der Waals surface area contributed by atoms with E-state index in [1.165, 1.54) is 30.4 Å². The third-order valence-corrected chi connectivity index (χ3v) is 4.56. The number of unbranched alkanes of at least 4 members (excludes halogenated alkanes) is 1. The van der Waals surface area contributed by atoms with E-state index in [2.05, 4.69) is 13.8 Å². The molecule has 3 heteroatoms. The fourth-order valence-corrected chi connectivity index (χ4v) is 3.37. The van der Waals surface area contributed by atoms with Gasteiger partial charge in [0.2, 0.25) is 0 Å². The molecule has 1 aliphatic heterocycles. The van der Waals surface area contributed by atoms with Crippen molar-refractivity contribution in [3.8, 4) is 5.75 Å². The maximum absolute atomic E-state index is 6.45. The molecule has 2 N–H and O–H groups in total. The summed E-state index contributed by atoms with van der Waals surface area (Å²) in [6, 6.07) is 4.24. The van der Waals surface area contributed by atoms with Crippen LogP contribution in [0.4, 0.5) is 0 Å². The van der Waals surface area contributed by atoms with E-state index in [1.54, 1.807) is 0 Å². The monoisotopic (exact) mass is 295 g/mol. The number of rotatable bonds is 7. The topological polar surface area (TPSA) is 35.2 Å². The molecule has 0 radical (unpaired) electrons. The van der Waals surface area contributed by atoms with Gasteiger partial charge in [-0.05, 0) is 42.0 Å². The average molecular weight is 296 g/mol. The highest BCUT2D eigenvalue weighted by Gasteiger charge is 2.22. The fraction of sp³-hybridized carbons (Fsp3) is 0.647. The summed E-state index contributed by atoms with van der Waals surface area (Å²) in [6.45, 7) is 5.24. The van der Waals surface area contributed by atoms with E-state index in [0.717, 1.165) is 36.6 Å². The molecule has 1 aromatic rings. The van der Waals surface area contributed by atoms with Crippen molar-refractivity contribution in [1.82, 2.24) is 0 Å². The first-order valence-corrected chi connectivity index (χ1v) is 8.23. The van der Waals surface area contributed by atoms with Crippen molar-refractivity contribution in [2.24, 2.45) is 11.7 Å². The van der Waals surface area contributed by atoms with Gasteiger partial charge in [0.15, 0.2) is 0 Å². The van der Waals surface area contributed by atoms with Crippen LogP contribution in [-0.4, -0.2) is 12.6 Å². The van der Waals surface area contributed by atoms with E-state index in [1.807, 2.05) is 12.1 Å². The largest absolute Gasteiger partial charge is 0.493 e. The summed E-state index contributed by atoms with van der Waals surface area (Å²) in [4.78, 5) is 0. The lowest BCUT2D eigenvalue weighted by molar-refractivity contribution is 0.342. The smallest absolute Gasteiger partial charge is 0.125 e. The van der Waals surface area contributed by atoms with Crippen molar-refractivity contribution >= 4 is 11.6 Å². The summed E-state index contributed by atoms with van der Waals surface area (Å²) in [5.74, 6) is 1.63. The van der Waals surface area contributed by atoms with E-state index in [-0.39, 0.29) is 6.04 Å². The van der Waals surface area contributed by atoms with Gasteiger partial charge >= 0.3 is 0 Å². The Bertz CT molecular complexity index is 447. The number of hydrogen-bond acceptors (Lipinski definition) is 2. The van der Waals surface area contributed by atoms with Crippen molar-refractivity contribution in [2.45, 2.75) is 58.4 Å².